The molecule has 0 spiro atoms. The normalized spacial score (nSPS) is 38.6. The number of ether oxygens (including phenoxy) is 5. The zero-order chi connectivity index (χ0) is 20.2. The number of fused-ring (bicyclic) bond motifs is 2. The molecule has 2 saturated carbocycles. The van der Waals surface area contributed by atoms with E-state index < -0.39 is 12.2 Å². The molecule has 0 aromatic carbocycles. The van der Waals surface area contributed by atoms with E-state index in [1.165, 1.54) is 0 Å². The van der Waals surface area contributed by atoms with E-state index in [9.17, 15) is 10.2 Å². The van der Waals surface area contributed by atoms with Crippen molar-refractivity contribution >= 4 is 0 Å². The minimum absolute atomic E-state index is 0.237. The van der Waals surface area contributed by atoms with Crippen LogP contribution in [0.3, 0.4) is 0 Å². The summed E-state index contributed by atoms with van der Waals surface area (Å²) in [5.41, 5.74) is 0. The Kier molecular flexibility index (Phi) is 7.83. The van der Waals surface area contributed by atoms with Crippen molar-refractivity contribution < 1.29 is 33.9 Å². The van der Waals surface area contributed by atoms with Gasteiger partial charge < -0.3 is 33.9 Å². The van der Waals surface area contributed by atoms with E-state index in [1.807, 2.05) is 0 Å². The first-order valence-electron chi connectivity index (χ1n) is 11.6. The monoisotopic (exact) mass is 414 g/mol. The van der Waals surface area contributed by atoms with Crippen LogP contribution in [0.4, 0.5) is 0 Å². The summed E-state index contributed by atoms with van der Waals surface area (Å²) in [4.78, 5) is 0. The smallest absolute Gasteiger partial charge is 0.104 e. The highest BCUT2D eigenvalue weighted by Crippen LogP contribution is 2.41. The summed E-state index contributed by atoms with van der Waals surface area (Å²) < 4.78 is 28.5. The molecule has 168 valence electrons. The minimum Gasteiger partial charge on any atom is -0.390 e. The number of hydrogen-bond donors (Lipinski definition) is 2. The van der Waals surface area contributed by atoms with Crippen molar-refractivity contribution in [1.29, 1.82) is 0 Å². The molecule has 2 heterocycles. The minimum atomic E-state index is -0.479. The van der Waals surface area contributed by atoms with Crippen LogP contribution in [0.5, 0.6) is 0 Å². The first-order chi connectivity index (χ1) is 14.1. The molecular weight excluding hydrogens is 376 g/mol. The molecule has 0 amide bonds. The Morgan fingerprint density at radius 2 is 1.34 bits per heavy atom. The molecule has 2 aliphatic heterocycles. The van der Waals surface area contributed by atoms with Crippen molar-refractivity contribution in [3.63, 3.8) is 0 Å². The van der Waals surface area contributed by atoms with Crippen LogP contribution in [-0.4, -0.2) is 86.0 Å². The van der Waals surface area contributed by atoms with Crippen molar-refractivity contribution in [2.24, 2.45) is 11.8 Å². The van der Waals surface area contributed by atoms with Crippen LogP contribution in [0.2, 0.25) is 0 Å². The molecule has 9 unspecified atom stereocenters. The lowest BCUT2D eigenvalue weighted by Gasteiger charge is -2.27. The number of rotatable bonds is 13. The summed E-state index contributed by atoms with van der Waals surface area (Å²) in [6, 6.07) is 0. The van der Waals surface area contributed by atoms with Gasteiger partial charge >= 0.3 is 0 Å². The highest BCUT2D eigenvalue weighted by Gasteiger charge is 2.46. The lowest BCUT2D eigenvalue weighted by Crippen LogP contribution is -2.36. The molecule has 29 heavy (non-hydrogen) atoms. The third-order valence-corrected chi connectivity index (χ3v) is 6.92. The standard InChI is InChI=1S/C22H38O7/c1-2-7-25-10-16(27-13-18(24)15-4-6-20-22(9-15)29-20)11-26-12-17(23)14-3-5-19-21(8-14)28-19/h14-24H,2-13H2,1H3. The van der Waals surface area contributed by atoms with E-state index in [1.54, 1.807) is 0 Å². The second-order valence-electron chi connectivity index (χ2n) is 9.27. The maximum Gasteiger partial charge on any atom is 0.104 e. The van der Waals surface area contributed by atoms with E-state index in [0.29, 0.717) is 50.8 Å². The van der Waals surface area contributed by atoms with E-state index in [-0.39, 0.29) is 24.5 Å². The average Bonchev–Trinajstić information content (AvgIpc) is 3.64. The Bertz CT molecular complexity index is 504. The second-order valence-corrected chi connectivity index (χ2v) is 9.27. The van der Waals surface area contributed by atoms with E-state index in [2.05, 4.69) is 6.92 Å². The Labute approximate surface area is 174 Å². The molecular formula is C22H38O7. The van der Waals surface area contributed by atoms with Gasteiger partial charge in [0.15, 0.2) is 0 Å². The van der Waals surface area contributed by atoms with Gasteiger partial charge in [-0.05, 0) is 56.8 Å². The molecule has 7 heteroatoms. The largest absolute Gasteiger partial charge is 0.390 e. The van der Waals surface area contributed by atoms with Gasteiger partial charge in [-0.3, -0.25) is 0 Å². The Morgan fingerprint density at radius 3 is 1.93 bits per heavy atom. The topological polar surface area (TPSA) is 93.2 Å². The van der Waals surface area contributed by atoms with Crippen molar-refractivity contribution in [2.75, 3.05) is 33.0 Å². The van der Waals surface area contributed by atoms with Crippen molar-refractivity contribution in [2.45, 2.75) is 94.6 Å². The van der Waals surface area contributed by atoms with Gasteiger partial charge in [-0.2, -0.15) is 0 Å². The molecule has 0 aromatic heterocycles. The zero-order valence-corrected chi connectivity index (χ0v) is 17.6. The highest BCUT2D eigenvalue weighted by molar-refractivity contribution is 4.94. The molecule has 0 bridgehead atoms. The van der Waals surface area contributed by atoms with E-state index in [4.69, 9.17) is 23.7 Å². The number of epoxide rings is 2. The fourth-order valence-electron chi connectivity index (χ4n) is 4.90. The van der Waals surface area contributed by atoms with Crippen molar-refractivity contribution in [3.8, 4) is 0 Å². The van der Waals surface area contributed by atoms with Gasteiger partial charge in [-0.15, -0.1) is 0 Å². The van der Waals surface area contributed by atoms with Gasteiger partial charge in [-0.25, -0.2) is 0 Å². The van der Waals surface area contributed by atoms with Gasteiger partial charge in [0.2, 0.25) is 0 Å². The fraction of sp³-hybridized carbons (Fsp3) is 1.00. The van der Waals surface area contributed by atoms with Crippen molar-refractivity contribution in [3.05, 3.63) is 0 Å². The predicted molar refractivity (Wildman–Crippen MR) is 106 cm³/mol. The SMILES string of the molecule is CCCOCC(COCC(O)C1CCC2OC2C1)OCC(O)C1CCC2OC2C1. The number of aliphatic hydroxyl groups excluding tert-OH is 2. The summed E-state index contributed by atoms with van der Waals surface area (Å²) in [7, 11) is 0. The van der Waals surface area contributed by atoms with Crippen LogP contribution in [-0.2, 0) is 23.7 Å². The molecule has 0 radical (unpaired) electrons. The van der Waals surface area contributed by atoms with Crippen LogP contribution in [0, 0.1) is 11.8 Å². The second kappa shape index (κ2) is 10.4. The number of aliphatic hydroxyl groups is 2. The van der Waals surface area contributed by atoms with Crippen LogP contribution in [0.1, 0.15) is 51.9 Å². The van der Waals surface area contributed by atoms with Gasteiger partial charge in [0.05, 0.1) is 63.1 Å². The first-order valence-corrected chi connectivity index (χ1v) is 11.6. The van der Waals surface area contributed by atoms with Crippen LogP contribution >= 0.6 is 0 Å². The van der Waals surface area contributed by atoms with Gasteiger partial charge in [-0.1, -0.05) is 6.92 Å². The molecule has 9 atom stereocenters. The van der Waals surface area contributed by atoms with E-state index in [0.717, 1.165) is 44.9 Å². The number of hydrogen-bond acceptors (Lipinski definition) is 7. The summed E-state index contributed by atoms with van der Waals surface area (Å²) in [6.45, 7) is 4.15. The van der Waals surface area contributed by atoms with E-state index >= 15 is 0 Å². The quantitative estimate of drug-likeness (QED) is 0.350. The summed E-state index contributed by atoms with van der Waals surface area (Å²) in [5.74, 6) is 0.509. The molecule has 2 saturated heterocycles. The molecule has 2 aliphatic carbocycles. The van der Waals surface area contributed by atoms with Gasteiger partial charge in [0, 0.05) is 6.61 Å². The highest BCUT2D eigenvalue weighted by atomic mass is 16.6. The molecule has 2 N–H and O–H groups in total. The Balaban J connectivity index is 1.15. The molecule has 7 nitrogen and oxygen atoms in total. The van der Waals surface area contributed by atoms with Crippen molar-refractivity contribution in [1.82, 2.24) is 0 Å². The van der Waals surface area contributed by atoms with Crippen LogP contribution in [0.15, 0.2) is 0 Å². The lowest BCUT2D eigenvalue weighted by molar-refractivity contribution is -0.102. The molecule has 4 fully saturated rings. The summed E-state index contributed by atoms with van der Waals surface area (Å²) >= 11 is 0. The fourth-order valence-corrected chi connectivity index (χ4v) is 4.90. The van der Waals surface area contributed by atoms with Gasteiger partial charge in [0.25, 0.3) is 0 Å². The third-order valence-electron chi connectivity index (χ3n) is 6.92. The molecule has 4 rings (SSSR count). The average molecular weight is 415 g/mol. The van der Waals surface area contributed by atoms with Gasteiger partial charge in [0.1, 0.15) is 6.10 Å². The first kappa shape index (κ1) is 21.9. The third kappa shape index (κ3) is 6.35. The maximum absolute atomic E-state index is 10.5. The Hall–Kier alpha value is -0.280. The lowest BCUT2D eigenvalue weighted by atomic mass is 9.85. The predicted octanol–water partition coefficient (Wildman–Crippen LogP) is 1.67. The maximum atomic E-state index is 10.5. The van der Waals surface area contributed by atoms with Crippen LogP contribution in [0.25, 0.3) is 0 Å². The molecule has 4 aliphatic rings. The summed E-state index contributed by atoms with van der Waals surface area (Å²) in [5, 5.41) is 21.0. The summed E-state index contributed by atoms with van der Waals surface area (Å²) in [6.07, 6.45) is 7.34. The zero-order valence-electron chi connectivity index (χ0n) is 17.6. The Morgan fingerprint density at radius 1 is 0.759 bits per heavy atom. The molecule has 0 aromatic rings. The van der Waals surface area contributed by atoms with Crippen LogP contribution < -0.4 is 0 Å².